The molecule has 2 fully saturated rings. The molecular formula is C31H37FN4O3. The third kappa shape index (κ3) is 7.79. The van der Waals surface area contributed by atoms with Crippen molar-refractivity contribution in [3.8, 4) is 11.1 Å². The van der Waals surface area contributed by atoms with Crippen molar-refractivity contribution in [3.63, 3.8) is 0 Å². The van der Waals surface area contributed by atoms with Gasteiger partial charge in [-0.2, -0.15) is 0 Å². The normalized spacial score (nSPS) is 18.8. The molecule has 2 saturated heterocycles. The molecule has 1 aromatic heterocycles. The van der Waals surface area contributed by atoms with E-state index in [4.69, 9.17) is 6.57 Å². The monoisotopic (exact) mass is 532 g/mol. The minimum atomic E-state index is -0.579. The van der Waals surface area contributed by atoms with E-state index in [-0.39, 0.29) is 47.8 Å². The Morgan fingerprint density at radius 3 is 2.67 bits per heavy atom. The van der Waals surface area contributed by atoms with Crippen LogP contribution < -0.4 is 5.32 Å². The van der Waals surface area contributed by atoms with E-state index in [0.717, 1.165) is 50.8 Å². The summed E-state index contributed by atoms with van der Waals surface area (Å²) < 4.78 is 13.8. The van der Waals surface area contributed by atoms with Crippen LogP contribution >= 0.6 is 0 Å². The van der Waals surface area contributed by atoms with E-state index in [2.05, 4.69) is 15.1 Å². The molecule has 1 N–H and O–H groups in total. The molecule has 1 amide bonds. The van der Waals surface area contributed by atoms with Crippen LogP contribution in [0.3, 0.4) is 0 Å². The van der Waals surface area contributed by atoms with Crippen LogP contribution in [-0.4, -0.2) is 53.5 Å². The van der Waals surface area contributed by atoms with Crippen molar-refractivity contribution >= 4 is 23.2 Å². The van der Waals surface area contributed by atoms with Crippen LogP contribution in [0.2, 0.25) is 0 Å². The van der Waals surface area contributed by atoms with Gasteiger partial charge in [-0.3, -0.25) is 14.6 Å². The fourth-order valence-electron chi connectivity index (χ4n) is 5.80. The maximum Gasteiger partial charge on any atom is 0.222 e. The average molecular weight is 533 g/mol. The summed E-state index contributed by atoms with van der Waals surface area (Å²) in [6, 6.07) is 6.20. The maximum atomic E-state index is 13.8. The van der Waals surface area contributed by atoms with Crippen molar-refractivity contribution in [3.05, 3.63) is 59.5 Å². The predicted octanol–water partition coefficient (Wildman–Crippen LogP) is 5.48. The molecule has 3 heterocycles. The SMILES string of the molecule is [C-]#[N+]c1cc(-c2cncc([C@H](CC(C)=O)CC(=O)[C@@H]3CCCN(C(=O)CCC4CCNCC4)C3)c2)ccc1F. The van der Waals surface area contributed by atoms with E-state index in [0.29, 0.717) is 36.6 Å². The van der Waals surface area contributed by atoms with Crippen LogP contribution in [0.4, 0.5) is 10.1 Å². The summed E-state index contributed by atoms with van der Waals surface area (Å²) in [4.78, 5) is 48.0. The topological polar surface area (TPSA) is 83.7 Å². The molecule has 0 saturated carbocycles. The summed E-state index contributed by atoms with van der Waals surface area (Å²) >= 11 is 0. The molecule has 2 aliphatic heterocycles. The predicted molar refractivity (Wildman–Crippen MR) is 148 cm³/mol. The molecule has 0 bridgehead atoms. The number of rotatable bonds is 10. The molecular weight excluding hydrogens is 495 g/mol. The second-order valence-corrected chi connectivity index (χ2v) is 11.0. The average Bonchev–Trinajstić information content (AvgIpc) is 2.96. The van der Waals surface area contributed by atoms with E-state index < -0.39 is 5.82 Å². The number of carbonyl (C=O) groups excluding carboxylic acids is 3. The molecule has 8 heteroatoms. The number of piperidine rings is 2. The van der Waals surface area contributed by atoms with E-state index in [1.54, 1.807) is 18.5 Å². The number of nitrogens with zero attached hydrogens (tertiary/aromatic N) is 3. The zero-order chi connectivity index (χ0) is 27.8. The maximum absolute atomic E-state index is 13.8. The number of carbonyl (C=O) groups is 3. The molecule has 0 aliphatic carbocycles. The number of Topliss-reactive ketones (excluding diaryl/α,β-unsaturated/α-hetero) is 2. The van der Waals surface area contributed by atoms with Gasteiger partial charge in [-0.15, -0.1) is 0 Å². The van der Waals surface area contributed by atoms with Crippen molar-refractivity contribution in [2.24, 2.45) is 11.8 Å². The Kier molecular flexibility index (Phi) is 9.94. The number of hydrogen-bond donors (Lipinski definition) is 1. The van der Waals surface area contributed by atoms with Crippen LogP contribution in [0.5, 0.6) is 0 Å². The lowest BCUT2D eigenvalue weighted by molar-refractivity contribution is -0.135. The van der Waals surface area contributed by atoms with Gasteiger partial charge in [0.1, 0.15) is 17.4 Å². The number of amides is 1. The smallest absolute Gasteiger partial charge is 0.222 e. The Hall–Kier alpha value is -3.44. The van der Waals surface area contributed by atoms with Crippen LogP contribution in [0.25, 0.3) is 16.0 Å². The molecule has 1 aromatic carbocycles. The highest BCUT2D eigenvalue weighted by Gasteiger charge is 2.30. The van der Waals surface area contributed by atoms with Gasteiger partial charge in [0, 0.05) is 50.7 Å². The zero-order valence-corrected chi connectivity index (χ0v) is 22.6. The van der Waals surface area contributed by atoms with Gasteiger partial charge in [0.05, 0.1) is 6.57 Å². The molecule has 206 valence electrons. The largest absolute Gasteiger partial charge is 0.342 e. The highest BCUT2D eigenvalue weighted by Crippen LogP contribution is 2.32. The molecule has 0 unspecified atom stereocenters. The Morgan fingerprint density at radius 1 is 1.13 bits per heavy atom. The number of aromatic nitrogens is 1. The number of hydrogen-bond acceptors (Lipinski definition) is 5. The minimum Gasteiger partial charge on any atom is -0.342 e. The van der Waals surface area contributed by atoms with E-state index in [9.17, 15) is 18.8 Å². The van der Waals surface area contributed by atoms with Crippen molar-refractivity contribution in [1.82, 2.24) is 15.2 Å². The zero-order valence-electron chi connectivity index (χ0n) is 22.6. The number of halogens is 1. The van der Waals surface area contributed by atoms with E-state index >= 15 is 0 Å². The van der Waals surface area contributed by atoms with Gasteiger partial charge < -0.3 is 15.0 Å². The first kappa shape index (κ1) is 28.6. The third-order valence-electron chi connectivity index (χ3n) is 8.07. The van der Waals surface area contributed by atoms with Crippen molar-refractivity contribution in [2.75, 3.05) is 26.2 Å². The Balaban J connectivity index is 1.42. The summed E-state index contributed by atoms with van der Waals surface area (Å²) in [6.45, 7) is 11.9. The summed E-state index contributed by atoms with van der Waals surface area (Å²) in [5.74, 6) is -0.365. The fourth-order valence-corrected chi connectivity index (χ4v) is 5.80. The van der Waals surface area contributed by atoms with Crippen LogP contribution in [0.1, 0.15) is 69.8 Å². The second-order valence-electron chi connectivity index (χ2n) is 11.0. The molecule has 0 spiro atoms. The molecule has 0 radical (unpaired) electrons. The number of likely N-dealkylation sites (tertiary alicyclic amines) is 1. The van der Waals surface area contributed by atoms with Gasteiger partial charge in [-0.05, 0) is 98.8 Å². The highest BCUT2D eigenvalue weighted by atomic mass is 19.1. The molecule has 4 rings (SSSR count). The van der Waals surface area contributed by atoms with Gasteiger partial charge >= 0.3 is 0 Å². The first-order valence-electron chi connectivity index (χ1n) is 14.0. The lowest BCUT2D eigenvalue weighted by atomic mass is 9.83. The fraction of sp³-hybridized carbons (Fsp3) is 0.516. The Morgan fingerprint density at radius 2 is 1.92 bits per heavy atom. The summed E-state index contributed by atoms with van der Waals surface area (Å²) in [7, 11) is 0. The number of nitrogens with one attached hydrogen (secondary N) is 1. The number of ketones is 2. The third-order valence-corrected chi connectivity index (χ3v) is 8.07. The second kappa shape index (κ2) is 13.6. The van der Waals surface area contributed by atoms with Crippen LogP contribution in [0, 0.1) is 24.2 Å². The van der Waals surface area contributed by atoms with Gasteiger partial charge in [0.2, 0.25) is 11.6 Å². The number of pyridine rings is 1. The van der Waals surface area contributed by atoms with Gasteiger partial charge in [-0.25, -0.2) is 9.24 Å². The first-order valence-corrected chi connectivity index (χ1v) is 14.0. The minimum absolute atomic E-state index is 0.0198. The van der Waals surface area contributed by atoms with Crippen LogP contribution in [-0.2, 0) is 14.4 Å². The summed E-state index contributed by atoms with van der Waals surface area (Å²) in [5.41, 5.74) is 2.04. The first-order chi connectivity index (χ1) is 18.8. The lowest BCUT2D eigenvalue weighted by Gasteiger charge is -2.33. The quantitative estimate of drug-likeness (QED) is 0.410. The van der Waals surface area contributed by atoms with E-state index in [1.165, 1.54) is 19.1 Å². The lowest BCUT2D eigenvalue weighted by Crippen LogP contribution is -2.42. The molecule has 39 heavy (non-hydrogen) atoms. The van der Waals surface area contributed by atoms with Crippen molar-refractivity contribution < 1.29 is 18.8 Å². The Labute approximate surface area is 230 Å². The van der Waals surface area contributed by atoms with Crippen molar-refractivity contribution in [2.45, 2.75) is 64.2 Å². The molecule has 2 atom stereocenters. The van der Waals surface area contributed by atoms with Crippen LogP contribution in [0.15, 0.2) is 36.7 Å². The van der Waals surface area contributed by atoms with Gasteiger partial charge in [0.15, 0.2) is 0 Å². The van der Waals surface area contributed by atoms with Crippen molar-refractivity contribution in [1.29, 1.82) is 0 Å². The molecule has 2 aromatic rings. The Bertz CT molecular complexity index is 1230. The van der Waals surface area contributed by atoms with Gasteiger partial charge in [0.25, 0.3) is 0 Å². The molecule has 7 nitrogen and oxygen atoms in total. The van der Waals surface area contributed by atoms with Gasteiger partial charge in [-0.1, -0.05) is 6.07 Å². The molecule has 2 aliphatic rings. The highest BCUT2D eigenvalue weighted by molar-refractivity contribution is 5.85. The standard InChI is InChI=1S/C31H37FN4O3/c1-21(37)14-25(27-15-26(18-35-19-27)23-6-7-28(32)29(16-23)33-2)17-30(38)24-4-3-13-36(20-24)31(39)8-5-22-9-11-34-12-10-22/h6-7,15-16,18-19,22,24-25,34H,3-5,8-14,17,20H2,1H3/t24-,25-/m1/s1. The summed E-state index contributed by atoms with van der Waals surface area (Å²) in [6.07, 6.45) is 8.93. The summed E-state index contributed by atoms with van der Waals surface area (Å²) in [5, 5.41) is 3.36. The number of benzene rings is 1. The van der Waals surface area contributed by atoms with E-state index in [1.807, 2.05) is 11.0 Å².